The van der Waals surface area contributed by atoms with Crippen molar-refractivity contribution in [3.05, 3.63) is 58.7 Å². The third kappa shape index (κ3) is 4.03. The molecule has 4 N–H and O–H groups in total. The van der Waals surface area contributed by atoms with E-state index in [9.17, 15) is 0 Å². The molecule has 2 heteroatoms. The lowest BCUT2D eigenvalue weighted by atomic mass is 9.94. The third-order valence-corrected chi connectivity index (χ3v) is 4.19. The molecule has 22 heavy (non-hydrogen) atoms. The molecular weight excluding hydrogens is 268 g/mol. The lowest BCUT2D eigenvalue weighted by molar-refractivity contribution is 0.795. The minimum absolute atomic E-state index is 0.450. The summed E-state index contributed by atoms with van der Waals surface area (Å²) in [6.07, 6.45) is 4.38. The van der Waals surface area contributed by atoms with Crippen molar-refractivity contribution in [1.82, 2.24) is 0 Å². The summed E-state index contributed by atoms with van der Waals surface area (Å²) in [5, 5.41) is 0. The number of anilines is 2. The number of hydrogen-bond donors (Lipinski definition) is 2. The minimum Gasteiger partial charge on any atom is -0.399 e. The average Bonchev–Trinajstić information content (AvgIpc) is 2.49. The Labute approximate surface area is 134 Å². The Morgan fingerprint density at radius 2 is 1.55 bits per heavy atom. The number of nitrogens with two attached hydrogens (primary N) is 2. The van der Waals surface area contributed by atoms with Crippen LogP contribution in [-0.4, -0.2) is 0 Å². The van der Waals surface area contributed by atoms with Gasteiger partial charge in [0, 0.05) is 11.4 Å². The Morgan fingerprint density at radius 3 is 2.18 bits per heavy atom. The van der Waals surface area contributed by atoms with E-state index in [-0.39, 0.29) is 0 Å². The first-order chi connectivity index (χ1) is 10.5. The van der Waals surface area contributed by atoms with Crippen LogP contribution >= 0.6 is 0 Å². The van der Waals surface area contributed by atoms with Crippen LogP contribution in [0.25, 0.3) is 0 Å². The fourth-order valence-corrected chi connectivity index (χ4v) is 2.82. The van der Waals surface area contributed by atoms with Gasteiger partial charge in [-0.05, 0) is 59.6 Å². The van der Waals surface area contributed by atoms with Crippen molar-refractivity contribution in [2.75, 3.05) is 11.5 Å². The Hall–Kier alpha value is -1.96. The standard InChI is InChI=1S/C20H28N2/c1-4-5-6-17-12-15(7-9-19(17)21)11-16-8-10-20(22)18(13-16)14(2)3/h7-10,12-14H,4-6,11,21-22H2,1-3H3. The number of benzene rings is 2. The highest BCUT2D eigenvalue weighted by molar-refractivity contribution is 5.52. The SMILES string of the molecule is CCCCc1cc(Cc2ccc(N)c(C(C)C)c2)ccc1N. The van der Waals surface area contributed by atoms with E-state index in [4.69, 9.17) is 11.5 Å². The lowest BCUT2D eigenvalue weighted by Gasteiger charge is -2.13. The quantitative estimate of drug-likeness (QED) is 0.744. The van der Waals surface area contributed by atoms with Crippen LogP contribution in [0, 0.1) is 0 Å². The normalized spacial score (nSPS) is 11.1. The number of rotatable bonds is 6. The first kappa shape index (κ1) is 16.4. The molecule has 0 spiro atoms. The Kier molecular flexibility index (Phi) is 5.48. The van der Waals surface area contributed by atoms with E-state index >= 15 is 0 Å². The zero-order valence-electron chi connectivity index (χ0n) is 14.0. The molecule has 2 rings (SSSR count). The predicted molar refractivity (Wildman–Crippen MR) is 97.2 cm³/mol. The van der Waals surface area contributed by atoms with Gasteiger partial charge in [0.25, 0.3) is 0 Å². The second-order valence-corrected chi connectivity index (χ2v) is 6.43. The first-order valence-corrected chi connectivity index (χ1v) is 8.26. The summed E-state index contributed by atoms with van der Waals surface area (Å²) in [5.74, 6) is 0.450. The Balaban J connectivity index is 2.22. The number of hydrogen-bond acceptors (Lipinski definition) is 2. The highest BCUT2D eigenvalue weighted by Gasteiger charge is 2.07. The van der Waals surface area contributed by atoms with Gasteiger partial charge in [0.2, 0.25) is 0 Å². The van der Waals surface area contributed by atoms with E-state index < -0.39 is 0 Å². The Bertz CT molecular complexity index is 630. The predicted octanol–water partition coefficient (Wildman–Crippen LogP) is 4.91. The fraction of sp³-hybridized carbons (Fsp3) is 0.400. The summed E-state index contributed by atoms with van der Waals surface area (Å²) < 4.78 is 0. The summed E-state index contributed by atoms with van der Waals surface area (Å²) in [6, 6.07) is 12.8. The summed E-state index contributed by atoms with van der Waals surface area (Å²) >= 11 is 0. The monoisotopic (exact) mass is 296 g/mol. The maximum atomic E-state index is 6.09. The maximum absolute atomic E-state index is 6.09. The van der Waals surface area contributed by atoms with Gasteiger partial charge in [-0.15, -0.1) is 0 Å². The van der Waals surface area contributed by atoms with Gasteiger partial charge < -0.3 is 11.5 Å². The van der Waals surface area contributed by atoms with Gasteiger partial charge in [0.15, 0.2) is 0 Å². The molecular formula is C20H28N2. The van der Waals surface area contributed by atoms with Crippen molar-refractivity contribution in [3.63, 3.8) is 0 Å². The summed E-state index contributed by atoms with van der Waals surface area (Å²) in [5.41, 5.74) is 19.1. The van der Waals surface area contributed by atoms with E-state index in [1.165, 1.54) is 35.1 Å². The highest BCUT2D eigenvalue weighted by atomic mass is 14.6. The topological polar surface area (TPSA) is 52.0 Å². The molecule has 0 saturated heterocycles. The molecule has 0 unspecified atom stereocenters. The number of unbranched alkanes of at least 4 members (excludes halogenated alkanes) is 1. The molecule has 0 bridgehead atoms. The molecule has 0 radical (unpaired) electrons. The van der Waals surface area contributed by atoms with Gasteiger partial charge in [0.05, 0.1) is 0 Å². The van der Waals surface area contributed by atoms with Crippen LogP contribution in [-0.2, 0) is 12.8 Å². The third-order valence-electron chi connectivity index (χ3n) is 4.19. The molecule has 0 amide bonds. The van der Waals surface area contributed by atoms with Crippen molar-refractivity contribution in [2.24, 2.45) is 0 Å². The van der Waals surface area contributed by atoms with Crippen LogP contribution in [0.15, 0.2) is 36.4 Å². The average molecular weight is 296 g/mol. The van der Waals surface area contributed by atoms with Crippen LogP contribution < -0.4 is 11.5 Å². The second-order valence-electron chi connectivity index (χ2n) is 6.43. The van der Waals surface area contributed by atoms with Crippen molar-refractivity contribution in [1.29, 1.82) is 0 Å². The van der Waals surface area contributed by atoms with E-state index in [0.717, 1.165) is 24.2 Å². The van der Waals surface area contributed by atoms with Gasteiger partial charge in [-0.3, -0.25) is 0 Å². The van der Waals surface area contributed by atoms with E-state index in [2.05, 4.69) is 45.0 Å². The lowest BCUT2D eigenvalue weighted by Crippen LogP contribution is -2.00. The van der Waals surface area contributed by atoms with Crippen molar-refractivity contribution >= 4 is 11.4 Å². The molecule has 0 aromatic heterocycles. The minimum atomic E-state index is 0.450. The maximum Gasteiger partial charge on any atom is 0.0349 e. The molecule has 118 valence electrons. The summed E-state index contributed by atoms with van der Waals surface area (Å²) in [7, 11) is 0. The fourth-order valence-electron chi connectivity index (χ4n) is 2.82. The van der Waals surface area contributed by atoms with Gasteiger partial charge in [-0.2, -0.15) is 0 Å². The smallest absolute Gasteiger partial charge is 0.0349 e. The van der Waals surface area contributed by atoms with Crippen molar-refractivity contribution in [2.45, 2.75) is 52.4 Å². The van der Waals surface area contributed by atoms with Gasteiger partial charge in [-0.1, -0.05) is 51.5 Å². The molecule has 0 aliphatic heterocycles. The molecule has 2 nitrogen and oxygen atoms in total. The zero-order chi connectivity index (χ0) is 16.1. The summed E-state index contributed by atoms with van der Waals surface area (Å²) in [4.78, 5) is 0. The Morgan fingerprint density at radius 1 is 0.909 bits per heavy atom. The molecule has 0 atom stereocenters. The first-order valence-electron chi connectivity index (χ1n) is 8.26. The van der Waals surface area contributed by atoms with Crippen LogP contribution in [0.4, 0.5) is 11.4 Å². The number of aryl methyl sites for hydroxylation is 1. The van der Waals surface area contributed by atoms with Gasteiger partial charge in [0.1, 0.15) is 0 Å². The van der Waals surface area contributed by atoms with E-state index in [1.54, 1.807) is 0 Å². The molecule has 0 heterocycles. The van der Waals surface area contributed by atoms with Gasteiger partial charge >= 0.3 is 0 Å². The largest absolute Gasteiger partial charge is 0.399 e. The highest BCUT2D eigenvalue weighted by Crippen LogP contribution is 2.25. The van der Waals surface area contributed by atoms with Crippen LogP contribution in [0.5, 0.6) is 0 Å². The van der Waals surface area contributed by atoms with Gasteiger partial charge in [-0.25, -0.2) is 0 Å². The number of nitrogen functional groups attached to an aromatic ring is 2. The molecule has 2 aromatic carbocycles. The van der Waals surface area contributed by atoms with E-state index in [0.29, 0.717) is 5.92 Å². The van der Waals surface area contributed by atoms with Crippen LogP contribution in [0.2, 0.25) is 0 Å². The summed E-state index contributed by atoms with van der Waals surface area (Å²) in [6.45, 7) is 6.57. The van der Waals surface area contributed by atoms with Crippen molar-refractivity contribution in [3.8, 4) is 0 Å². The zero-order valence-corrected chi connectivity index (χ0v) is 14.0. The van der Waals surface area contributed by atoms with Crippen LogP contribution in [0.1, 0.15) is 61.8 Å². The molecule has 0 aliphatic carbocycles. The molecule has 0 aliphatic rings. The van der Waals surface area contributed by atoms with Crippen LogP contribution in [0.3, 0.4) is 0 Å². The molecule has 0 fully saturated rings. The van der Waals surface area contributed by atoms with E-state index in [1.807, 2.05) is 12.1 Å². The van der Waals surface area contributed by atoms with Crippen molar-refractivity contribution < 1.29 is 0 Å². The second kappa shape index (κ2) is 7.35. The molecule has 2 aromatic rings. The molecule has 0 saturated carbocycles.